The number of imidazole rings is 1. The predicted molar refractivity (Wildman–Crippen MR) is 50.5 cm³/mol. The molecule has 0 saturated carbocycles. The number of aryl methyl sites for hydroxylation is 1. The summed E-state index contributed by atoms with van der Waals surface area (Å²) in [5, 5.41) is 3.07. The fourth-order valence-corrected chi connectivity index (χ4v) is 1.36. The topological polar surface area (TPSA) is 42.2 Å². The Morgan fingerprint density at radius 2 is 2.38 bits per heavy atom. The number of fused-ring (bicyclic) bond motifs is 1. The van der Waals surface area contributed by atoms with Crippen LogP contribution in [0.5, 0.6) is 0 Å². The molecule has 2 aromatic heterocycles. The zero-order chi connectivity index (χ0) is 9.26. The molecule has 13 heavy (non-hydrogen) atoms. The highest BCUT2D eigenvalue weighted by atomic mass is 15.1. The Hall–Kier alpha value is -1.42. The summed E-state index contributed by atoms with van der Waals surface area (Å²) in [4.78, 5) is 8.61. The van der Waals surface area contributed by atoms with Crippen molar-refractivity contribution in [1.29, 1.82) is 0 Å². The van der Waals surface area contributed by atoms with E-state index >= 15 is 0 Å². The summed E-state index contributed by atoms with van der Waals surface area (Å²) < 4.78 is 1.99. The minimum Gasteiger partial charge on any atom is -0.314 e. The third-order valence-electron chi connectivity index (χ3n) is 1.97. The van der Waals surface area contributed by atoms with Crippen LogP contribution in [0.15, 0.2) is 18.5 Å². The van der Waals surface area contributed by atoms with E-state index in [0.29, 0.717) is 0 Å². The molecule has 2 rings (SSSR count). The first kappa shape index (κ1) is 8.19. The maximum Gasteiger partial charge on any atom is 0.139 e. The van der Waals surface area contributed by atoms with Gasteiger partial charge >= 0.3 is 0 Å². The average Bonchev–Trinajstić information content (AvgIpc) is 2.49. The molecular formula is C9H12N4. The smallest absolute Gasteiger partial charge is 0.139 e. The fraction of sp³-hybridized carbons (Fsp3) is 0.333. The monoisotopic (exact) mass is 176 g/mol. The summed E-state index contributed by atoms with van der Waals surface area (Å²) in [7, 11) is 1.91. The molecule has 0 aliphatic rings. The first-order valence-electron chi connectivity index (χ1n) is 4.25. The summed E-state index contributed by atoms with van der Waals surface area (Å²) in [6, 6.07) is 1.91. The van der Waals surface area contributed by atoms with Gasteiger partial charge in [0.25, 0.3) is 0 Å². The van der Waals surface area contributed by atoms with Gasteiger partial charge < -0.3 is 5.32 Å². The summed E-state index contributed by atoms with van der Waals surface area (Å²) in [5.74, 6) is 0.965. The Balaban J connectivity index is 2.55. The molecule has 2 heterocycles. The molecule has 0 aliphatic heterocycles. The average molecular weight is 176 g/mol. The van der Waals surface area contributed by atoms with Crippen LogP contribution in [0.3, 0.4) is 0 Å². The van der Waals surface area contributed by atoms with Crippen LogP contribution in [-0.4, -0.2) is 21.4 Å². The van der Waals surface area contributed by atoms with Gasteiger partial charge in [0.2, 0.25) is 0 Å². The standard InChI is InChI=1S/C9H12N4/c1-7-11-4-3-9-12-8(5-10-2)6-13(7)9/h3-4,6,10H,5H2,1-2H3. The Bertz CT molecular complexity index is 418. The highest BCUT2D eigenvalue weighted by Crippen LogP contribution is 2.05. The minimum atomic E-state index is 0.793. The normalized spacial score (nSPS) is 10.9. The van der Waals surface area contributed by atoms with Crippen LogP contribution in [0.4, 0.5) is 0 Å². The number of hydrogen-bond donors (Lipinski definition) is 1. The van der Waals surface area contributed by atoms with Crippen molar-refractivity contribution in [3.63, 3.8) is 0 Å². The molecule has 4 nitrogen and oxygen atoms in total. The van der Waals surface area contributed by atoms with Crippen molar-refractivity contribution in [3.8, 4) is 0 Å². The summed E-state index contributed by atoms with van der Waals surface area (Å²) in [6.07, 6.45) is 3.79. The quantitative estimate of drug-likeness (QED) is 0.734. The summed E-state index contributed by atoms with van der Waals surface area (Å²) >= 11 is 0. The van der Waals surface area contributed by atoms with E-state index < -0.39 is 0 Å². The van der Waals surface area contributed by atoms with Crippen LogP contribution >= 0.6 is 0 Å². The molecule has 0 atom stereocenters. The lowest BCUT2D eigenvalue weighted by molar-refractivity contribution is 0.797. The van der Waals surface area contributed by atoms with Crippen molar-refractivity contribution in [2.45, 2.75) is 13.5 Å². The largest absolute Gasteiger partial charge is 0.314 e. The van der Waals surface area contributed by atoms with Crippen molar-refractivity contribution < 1.29 is 0 Å². The van der Waals surface area contributed by atoms with Crippen molar-refractivity contribution >= 4 is 5.65 Å². The van der Waals surface area contributed by atoms with E-state index in [4.69, 9.17) is 0 Å². The lowest BCUT2D eigenvalue weighted by Crippen LogP contribution is -2.04. The van der Waals surface area contributed by atoms with Gasteiger partial charge in [-0.3, -0.25) is 4.40 Å². The molecule has 0 amide bonds. The van der Waals surface area contributed by atoms with E-state index in [1.807, 2.05) is 30.6 Å². The van der Waals surface area contributed by atoms with E-state index in [1.54, 1.807) is 6.20 Å². The molecule has 0 fully saturated rings. The molecule has 0 unspecified atom stereocenters. The van der Waals surface area contributed by atoms with Crippen molar-refractivity contribution in [2.75, 3.05) is 7.05 Å². The van der Waals surface area contributed by atoms with Gasteiger partial charge in [0.15, 0.2) is 0 Å². The van der Waals surface area contributed by atoms with Crippen LogP contribution in [0.25, 0.3) is 5.65 Å². The first-order chi connectivity index (χ1) is 6.31. The van der Waals surface area contributed by atoms with Crippen molar-refractivity contribution in [3.05, 3.63) is 30.0 Å². The van der Waals surface area contributed by atoms with E-state index in [0.717, 1.165) is 23.7 Å². The summed E-state index contributed by atoms with van der Waals surface area (Å²) in [5.41, 5.74) is 2.00. The van der Waals surface area contributed by atoms with Gasteiger partial charge in [-0.1, -0.05) is 0 Å². The second-order valence-corrected chi connectivity index (χ2v) is 2.98. The van der Waals surface area contributed by atoms with Gasteiger partial charge in [-0.2, -0.15) is 0 Å². The minimum absolute atomic E-state index is 0.793. The Morgan fingerprint density at radius 3 is 3.08 bits per heavy atom. The van der Waals surface area contributed by atoms with Crippen LogP contribution < -0.4 is 5.32 Å². The van der Waals surface area contributed by atoms with E-state index in [1.165, 1.54) is 0 Å². The van der Waals surface area contributed by atoms with E-state index in [9.17, 15) is 0 Å². The molecule has 0 radical (unpaired) electrons. The SMILES string of the molecule is CNCc1cn2c(C)nccc2n1. The Labute approximate surface area is 76.6 Å². The summed E-state index contributed by atoms with van der Waals surface area (Å²) in [6.45, 7) is 2.76. The maximum absolute atomic E-state index is 4.42. The highest BCUT2D eigenvalue weighted by Gasteiger charge is 2.01. The molecule has 68 valence electrons. The second kappa shape index (κ2) is 3.14. The van der Waals surface area contributed by atoms with Gasteiger partial charge in [-0.15, -0.1) is 0 Å². The van der Waals surface area contributed by atoms with Gasteiger partial charge in [0.05, 0.1) is 5.69 Å². The second-order valence-electron chi connectivity index (χ2n) is 2.98. The van der Waals surface area contributed by atoms with Crippen molar-refractivity contribution in [2.24, 2.45) is 0 Å². The van der Waals surface area contributed by atoms with Crippen LogP contribution in [0, 0.1) is 6.92 Å². The molecule has 0 bridgehead atoms. The van der Waals surface area contributed by atoms with Gasteiger partial charge in [0, 0.05) is 18.9 Å². The number of rotatable bonds is 2. The van der Waals surface area contributed by atoms with Gasteiger partial charge in [-0.05, 0) is 20.0 Å². The molecule has 1 N–H and O–H groups in total. The van der Waals surface area contributed by atoms with Crippen LogP contribution in [0.1, 0.15) is 11.5 Å². The van der Waals surface area contributed by atoms with Crippen LogP contribution in [-0.2, 0) is 6.54 Å². The predicted octanol–water partition coefficient (Wildman–Crippen LogP) is 0.757. The lowest BCUT2D eigenvalue weighted by atomic mass is 10.5. The molecule has 0 spiro atoms. The molecule has 0 aromatic carbocycles. The maximum atomic E-state index is 4.42. The third-order valence-corrected chi connectivity index (χ3v) is 1.97. The number of aromatic nitrogens is 3. The number of hydrogen-bond acceptors (Lipinski definition) is 3. The number of nitrogens with one attached hydrogen (secondary N) is 1. The van der Waals surface area contributed by atoms with E-state index in [-0.39, 0.29) is 0 Å². The van der Waals surface area contributed by atoms with Gasteiger partial charge in [-0.25, -0.2) is 9.97 Å². The first-order valence-corrected chi connectivity index (χ1v) is 4.25. The zero-order valence-electron chi connectivity index (χ0n) is 7.78. The zero-order valence-corrected chi connectivity index (χ0v) is 7.78. The fourth-order valence-electron chi connectivity index (χ4n) is 1.36. The van der Waals surface area contributed by atoms with E-state index in [2.05, 4.69) is 15.3 Å². The number of nitrogens with zero attached hydrogens (tertiary/aromatic N) is 3. The Kier molecular flexibility index (Phi) is 1.98. The van der Waals surface area contributed by atoms with Crippen LogP contribution in [0.2, 0.25) is 0 Å². The third kappa shape index (κ3) is 1.40. The lowest BCUT2D eigenvalue weighted by Gasteiger charge is -1.94. The molecule has 2 aromatic rings. The molecule has 4 heteroatoms. The molecule has 0 aliphatic carbocycles. The molecular weight excluding hydrogens is 164 g/mol. The molecule has 0 saturated heterocycles. The van der Waals surface area contributed by atoms with Gasteiger partial charge in [0.1, 0.15) is 11.5 Å². The van der Waals surface area contributed by atoms with Crippen molar-refractivity contribution in [1.82, 2.24) is 19.7 Å². The highest BCUT2D eigenvalue weighted by molar-refractivity contribution is 5.39. The Morgan fingerprint density at radius 1 is 1.54 bits per heavy atom.